The number of likely N-dealkylation sites (tertiary alicyclic amines) is 1. The number of nitrogens with two attached hydrogens (primary N) is 8. The number of thioether (sulfide) groups is 1. The van der Waals surface area contributed by atoms with Crippen molar-refractivity contribution in [3.63, 3.8) is 0 Å². The highest BCUT2D eigenvalue weighted by atomic mass is 32.2. The number of aromatic hydroxyl groups is 1. The lowest BCUT2D eigenvalue weighted by molar-refractivity contribution is -0.145. The molecule has 0 radical (unpaired) electrons. The van der Waals surface area contributed by atoms with Crippen LogP contribution in [0, 0.1) is 17.8 Å². The molecule has 0 bridgehead atoms. The molecule has 0 spiro atoms. The minimum atomic E-state index is -1.82. The van der Waals surface area contributed by atoms with Crippen LogP contribution in [0.2, 0.25) is 0 Å². The number of nitrogens with one attached hydrogen (secondary N) is 10. The molecular weight excluding hydrogens is 1380 g/mol. The van der Waals surface area contributed by atoms with Crippen LogP contribution in [0.25, 0.3) is 0 Å². The summed E-state index contributed by atoms with van der Waals surface area (Å²) in [7, 11) is 0. The largest absolute Gasteiger partial charge is 0.508 e. The molecule has 13 atom stereocenters. The number of aliphatic hydroxyl groups excluding tert-OH is 1. The average molecular weight is 1500 g/mol. The Morgan fingerprint density at radius 2 is 0.933 bits per heavy atom. The normalized spacial score (nSPS) is 16.1. The third-order valence-electron chi connectivity index (χ3n) is 16.8. The molecule has 1 aliphatic rings. The van der Waals surface area contributed by atoms with Crippen molar-refractivity contribution in [3.05, 3.63) is 29.8 Å². The van der Waals surface area contributed by atoms with Gasteiger partial charge >= 0.3 is 5.97 Å². The molecule has 0 saturated carbocycles. The van der Waals surface area contributed by atoms with Crippen molar-refractivity contribution in [1.29, 1.82) is 0 Å². The summed E-state index contributed by atoms with van der Waals surface area (Å²) in [6, 6.07) is -10.4. The van der Waals surface area contributed by atoms with Crippen molar-refractivity contribution in [1.82, 2.24) is 58.1 Å². The zero-order chi connectivity index (χ0) is 79.2. The molecule has 1 saturated heterocycles. The Morgan fingerprint density at radius 1 is 0.514 bits per heavy atom. The fourth-order valence-corrected chi connectivity index (χ4v) is 11.7. The number of carboxylic acids is 1. The van der Waals surface area contributed by atoms with E-state index in [4.69, 9.17) is 45.9 Å². The van der Waals surface area contributed by atoms with Gasteiger partial charge in [-0.05, 0) is 158 Å². The van der Waals surface area contributed by atoms with Gasteiger partial charge < -0.3 is 119 Å². The number of carbonyl (C=O) groups excluding carboxylic acids is 11. The van der Waals surface area contributed by atoms with Gasteiger partial charge in [-0.3, -0.25) is 67.7 Å². The SMILES string of the molecule is CSCC[C@H](NC(=O)[C@H](CCCCN)NC(=O)[C@@H](N)CCCN=C(N)N)C(=O)N[C@H](C(=O)N[C@@H](CC(C)C)C(=O)N[C@@H](Cc1ccc(O)cc1)C(=O)N[C@H](C(=O)N[C@@H](CC(C)C)C(=O)N[C@@H](CCCN=C(N)N)C(=O)N[C@@H](C)C(=O)N1CCC[C@H]1C(=O)N[C@@H](CCCN=C(N)N)C(=O)O)[C@@H](C)O)C(C)C. The fraction of sp³-hybridized carbons (Fsp3) is 0.687. The van der Waals surface area contributed by atoms with Crippen molar-refractivity contribution >= 4 is 101 Å². The van der Waals surface area contributed by atoms with Crippen molar-refractivity contribution in [2.75, 3.05) is 44.7 Å². The number of aliphatic imine (C=N–C) groups is 3. The third-order valence-corrected chi connectivity index (χ3v) is 17.5. The summed E-state index contributed by atoms with van der Waals surface area (Å²) in [6.07, 6.45) is 2.32. The van der Waals surface area contributed by atoms with E-state index in [0.29, 0.717) is 43.5 Å². The number of rotatable bonds is 49. The molecule has 592 valence electrons. The highest BCUT2D eigenvalue weighted by molar-refractivity contribution is 7.98. The number of aliphatic hydroxyl groups is 1. The van der Waals surface area contributed by atoms with E-state index >= 15 is 0 Å². The van der Waals surface area contributed by atoms with E-state index < -0.39 is 155 Å². The van der Waals surface area contributed by atoms with Gasteiger partial charge in [-0.15, -0.1) is 0 Å². The molecule has 38 heteroatoms. The maximum absolute atomic E-state index is 14.7. The van der Waals surface area contributed by atoms with Gasteiger partial charge in [0.15, 0.2) is 17.9 Å². The van der Waals surface area contributed by atoms with Crippen LogP contribution < -0.4 is 99.0 Å². The first-order chi connectivity index (χ1) is 49.4. The number of aliphatic carboxylic acids is 1. The summed E-state index contributed by atoms with van der Waals surface area (Å²) in [4.78, 5) is 181. The van der Waals surface area contributed by atoms with Gasteiger partial charge in [0.25, 0.3) is 0 Å². The number of benzene rings is 1. The van der Waals surface area contributed by atoms with Crippen LogP contribution in [0.4, 0.5) is 0 Å². The Hall–Kier alpha value is -9.30. The van der Waals surface area contributed by atoms with E-state index in [1.807, 2.05) is 0 Å². The average Bonchev–Trinajstić information content (AvgIpc) is 1.82. The Labute approximate surface area is 618 Å². The number of amides is 11. The van der Waals surface area contributed by atoms with Gasteiger partial charge in [0.1, 0.15) is 72.2 Å². The molecule has 105 heavy (non-hydrogen) atoms. The first kappa shape index (κ1) is 91.8. The number of unbranched alkanes of at least 4 members (excludes halogenated alkanes) is 1. The lowest BCUT2D eigenvalue weighted by atomic mass is 9.98. The number of guanidine groups is 3. The van der Waals surface area contributed by atoms with Crippen LogP contribution in [0.1, 0.15) is 151 Å². The summed E-state index contributed by atoms with van der Waals surface area (Å²) in [6.45, 7) is 13.6. The standard InChI is InChI=1S/C67H118N22O15S/c1-35(2)32-47(57(96)81-44(18-13-28-77-66(72)73)54(93)79-38(7)63(102)89-30-15-20-50(89)60(99)83-46(64(103)104)19-14-29-78-67(74)75)86-62(101)52(39(8)90)88-59(98)49(34-40-21-23-41(91)24-22-40)84-58(97)48(33-36(3)4)85-61(100)51(37(5)6)87-56(95)45(25-31-105-9)82-55(94)43(17-10-11-26-68)80-53(92)42(69)16-12-27-76-65(70)71/h21-24,35-39,42-52,90-91H,10-20,25-34,68-69H2,1-9H3,(H,79,93)(H,80,92)(H,81,96)(H,82,94)(H,83,99)(H,84,97)(H,85,100)(H,86,101)(H,87,95)(H,88,98)(H,103,104)(H4,70,71,76)(H4,72,73,77)(H4,74,75,78)/t38-,39+,42-,43-,44-,45-,46-,47-,48-,49-,50-,51-,52-/m0/s1. The number of phenols is 1. The second-order valence-electron chi connectivity index (χ2n) is 27.3. The number of carboxylic acid groups (broad SMARTS) is 1. The molecule has 1 aliphatic heterocycles. The molecule has 1 aromatic rings. The molecule has 0 unspecified atom stereocenters. The molecule has 29 N–H and O–H groups in total. The summed E-state index contributed by atoms with van der Waals surface area (Å²) in [5.41, 5.74) is 45.0. The second kappa shape index (κ2) is 47.9. The number of nitrogens with zero attached hydrogens (tertiary/aromatic N) is 4. The number of hydrogen-bond donors (Lipinski definition) is 21. The summed E-state index contributed by atoms with van der Waals surface area (Å²) < 4.78 is 0. The van der Waals surface area contributed by atoms with Gasteiger partial charge in [0.05, 0.1) is 12.1 Å². The minimum Gasteiger partial charge on any atom is -0.508 e. The van der Waals surface area contributed by atoms with Crippen LogP contribution in [0.3, 0.4) is 0 Å². The molecular formula is C67H118N22O15S. The number of hydrogen-bond acceptors (Lipinski definition) is 20. The predicted molar refractivity (Wildman–Crippen MR) is 398 cm³/mol. The van der Waals surface area contributed by atoms with Crippen LogP contribution in [-0.4, -0.2) is 232 Å². The molecule has 1 heterocycles. The van der Waals surface area contributed by atoms with Crippen LogP contribution in [-0.2, 0) is 64.0 Å². The van der Waals surface area contributed by atoms with E-state index in [1.165, 1.54) is 54.8 Å². The third kappa shape index (κ3) is 34.9. The lowest BCUT2D eigenvalue weighted by Crippen LogP contribution is -2.62. The molecule has 2 rings (SSSR count). The molecule has 1 fully saturated rings. The van der Waals surface area contributed by atoms with Crippen LogP contribution >= 0.6 is 11.8 Å². The van der Waals surface area contributed by atoms with Crippen LogP contribution in [0.5, 0.6) is 5.75 Å². The first-order valence-corrected chi connectivity index (χ1v) is 36.9. The molecule has 1 aromatic carbocycles. The van der Waals surface area contributed by atoms with Gasteiger partial charge in [0, 0.05) is 32.6 Å². The molecule has 11 amide bonds. The molecule has 0 aliphatic carbocycles. The maximum Gasteiger partial charge on any atom is 0.326 e. The van der Waals surface area contributed by atoms with Crippen molar-refractivity contribution < 1.29 is 72.9 Å². The highest BCUT2D eigenvalue weighted by Crippen LogP contribution is 2.21. The summed E-state index contributed by atoms with van der Waals surface area (Å²) in [5.74, 6) is -11.8. The predicted octanol–water partition coefficient (Wildman–Crippen LogP) is -4.62. The first-order valence-electron chi connectivity index (χ1n) is 35.5. The zero-order valence-electron chi connectivity index (χ0n) is 62.0. The Balaban J connectivity index is 2.48. The monoisotopic (exact) mass is 1500 g/mol. The van der Waals surface area contributed by atoms with E-state index in [0.717, 1.165) is 0 Å². The Morgan fingerprint density at radius 3 is 1.41 bits per heavy atom. The van der Waals surface area contributed by atoms with E-state index in [-0.39, 0.29) is 132 Å². The molecule has 37 nitrogen and oxygen atoms in total. The quantitative estimate of drug-likeness (QED) is 0.0166. The lowest BCUT2D eigenvalue weighted by Gasteiger charge is -2.30. The van der Waals surface area contributed by atoms with Crippen molar-refractivity contribution in [3.8, 4) is 5.75 Å². The molecule has 0 aromatic heterocycles. The number of carbonyl (C=O) groups is 12. The smallest absolute Gasteiger partial charge is 0.326 e. The van der Waals surface area contributed by atoms with E-state index in [9.17, 15) is 72.9 Å². The van der Waals surface area contributed by atoms with Crippen molar-refractivity contribution in [2.24, 2.45) is 78.6 Å². The second-order valence-corrected chi connectivity index (χ2v) is 28.3. The van der Waals surface area contributed by atoms with E-state index in [2.05, 4.69) is 68.1 Å². The van der Waals surface area contributed by atoms with Gasteiger partial charge in [0.2, 0.25) is 65.0 Å². The van der Waals surface area contributed by atoms with Gasteiger partial charge in [-0.25, -0.2) is 4.79 Å². The Kier molecular flexibility index (Phi) is 41.9. The zero-order valence-corrected chi connectivity index (χ0v) is 62.8. The Bertz CT molecular complexity index is 3090. The van der Waals surface area contributed by atoms with Gasteiger partial charge in [-0.1, -0.05) is 53.7 Å². The minimum absolute atomic E-state index is 0.00391. The highest BCUT2D eigenvalue weighted by Gasteiger charge is 2.41. The van der Waals surface area contributed by atoms with Crippen molar-refractivity contribution in [2.45, 2.75) is 230 Å². The maximum atomic E-state index is 14.7. The fourth-order valence-electron chi connectivity index (χ4n) is 11.2. The summed E-state index contributed by atoms with van der Waals surface area (Å²) >= 11 is 1.39. The summed E-state index contributed by atoms with van der Waals surface area (Å²) in [5, 5.41) is 57.7. The topological polar surface area (TPSA) is 634 Å². The van der Waals surface area contributed by atoms with E-state index in [1.54, 1.807) is 47.8 Å². The van der Waals surface area contributed by atoms with Crippen LogP contribution in [0.15, 0.2) is 39.2 Å². The van der Waals surface area contributed by atoms with Gasteiger partial charge in [-0.2, -0.15) is 11.8 Å². The number of phenolic OH excluding ortho intramolecular Hbond substituents is 1.